The SMILES string of the molecule is Cc1ccc(C(=O)C2=C(O)C(=O)N(C)C2c2cccc(F)c2)o1. The second-order valence-electron chi connectivity index (χ2n) is 5.38. The Kier molecular flexibility index (Phi) is 3.52. The number of likely N-dealkylation sites (N-methyl/N-ethyl adjacent to an activating group) is 1. The molecule has 1 amide bonds. The van der Waals surface area contributed by atoms with E-state index in [0.29, 0.717) is 11.3 Å². The summed E-state index contributed by atoms with van der Waals surface area (Å²) >= 11 is 0. The summed E-state index contributed by atoms with van der Waals surface area (Å²) in [5.74, 6) is -1.85. The summed E-state index contributed by atoms with van der Waals surface area (Å²) in [6, 6.07) is 7.80. The molecule has 23 heavy (non-hydrogen) atoms. The predicted octanol–water partition coefficient (Wildman–Crippen LogP) is 2.94. The van der Waals surface area contributed by atoms with E-state index >= 15 is 0 Å². The lowest BCUT2D eigenvalue weighted by Crippen LogP contribution is -2.26. The first-order valence-corrected chi connectivity index (χ1v) is 6.97. The highest BCUT2D eigenvalue weighted by Crippen LogP contribution is 2.38. The molecule has 0 saturated heterocycles. The lowest BCUT2D eigenvalue weighted by atomic mass is 9.95. The van der Waals surface area contributed by atoms with Gasteiger partial charge in [0.05, 0.1) is 11.6 Å². The average Bonchev–Trinajstić information content (AvgIpc) is 3.04. The Balaban J connectivity index is 2.10. The van der Waals surface area contributed by atoms with Crippen LogP contribution in [0, 0.1) is 12.7 Å². The van der Waals surface area contributed by atoms with Crippen LogP contribution >= 0.6 is 0 Å². The number of hydrogen-bond acceptors (Lipinski definition) is 4. The molecule has 0 aliphatic carbocycles. The molecule has 2 heterocycles. The van der Waals surface area contributed by atoms with E-state index in [-0.39, 0.29) is 11.3 Å². The molecule has 0 saturated carbocycles. The highest BCUT2D eigenvalue weighted by atomic mass is 19.1. The van der Waals surface area contributed by atoms with Crippen molar-refractivity contribution in [1.82, 2.24) is 4.90 Å². The molecule has 0 spiro atoms. The molecule has 1 atom stereocenters. The van der Waals surface area contributed by atoms with Crippen molar-refractivity contribution >= 4 is 11.7 Å². The lowest BCUT2D eigenvalue weighted by molar-refractivity contribution is -0.128. The third kappa shape index (κ3) is 2.42. The number of ketones is 1. The zero-order valence-corrected chi connectivity index (χ0v) is 12.5. The molecule has 2 aromatic rings. The monoisotopic (exact) mass is 315 g/mol. The maximum absolute atomic E-state index is 13.5. The van der Waals surface area contributed by atoms with Gasteiger partial charge in [-0.2, -0.15) is 0 Å². The Bertz CT molecular complexity index is 837. The van der Waals surface area contributed by atoms with Gasteiger partial charge in [0, 0.05) is 7.05 Å². The normalized spacial score (nSPS) is 18.0. The second-order valence-corrected chi connectivity index (χ2v) is 5.38. The van der Waals surface area contributed by atoms with E-state index in [4.69, 9.17) is 4.42 Å². The minimum atomic E-state index is -0.865. The fraction of sp³-hybridized carbons (Fsp3) is 0.176. The van der Waals surface area contributed by atoms with E-state index in [1.54, 1.807) is 19.1 Å². The van der Waals surface area contributed by atoms with Crippen molar-refractivity contribution in [2.45, 2.75) is 13.0 Å². The van der Waals surface area contributed by atoms with Gasteiger partial charge < -0.3 is 14.4 Å². The van der Waals surface area contributed by atoms with Crippen molar-refractivity contribution in [3.05, 3.63) is 70.6 Å². The number of nitrogens with zero attached hydrogens (tertiary/aromatic N) is 1. The molecule has 0 fully saturated rings. The Morgan fingerprint density at radius 2 is 2.04 bits per heavy atom. The van der Waals surface area contributed by atoms with Crippen LogP contribution in [0.25, 0.3) is 0 Å². The number of rotatable bonds is 3. The van der Waals surface area contributed by atoms with Gasteiger partial charge in [-0.3, -0.25) is 9.59 Å². The maximum Gasteiger partial charge on any atom is 0.289 e. The summed E-state index contributed by atoms with van der Waals surface area (Å²) in [7, 11) is 1.45. The zero-order valence-electron chi connectivity index (χ0n) is 12.5. The van der Waals surface area contributed by atoms with Crippen LogP contribution in [0.1, 0.15) is 27.9 Å². The number of carbonyl (C=O) groups is 2. The Hall–Kier alpha value is -2.89. The number of carbonyl (C=O) groups excluding carboxylic acids is 2. The number of furan rings is 1. The number of amides is 1. The molecule has 1 aliphatic heterocycles. The molecule has 1 aromatic carbocycles. The van der Waals surface area contributed by atoms with Crippen LogP contribution in [0.3, 0.4) is 0 Å². The number of halogens is 1. The lowest BCUT2D eigenvalue weighted by Gasteiger charge is -2.22. The van der Waals surface area contributed by atoms with E-state index in [0.717, 1.165) is 0 Å². The summed E-state index contributed by atoms with van der Waals surface area (Å²) in [5, 5.41) is 10.1. The van der Waals surface area contributed by atoms with Crippen molar-refractivity contribution in [1.29, 1.82) is 0 Å². The van der Waals surface area contributed by atoms with Gasteiger partial charge in [0.15, 0.2) is 11.5 Å². The average molecular weight is 315 g/mol. The van der Waals surface area contributed by atoms with Gasteiger partial charge in [0.2, 0.25) is 5.78 Å². The summed E-state index contributed by atoms with van der Waals surface area (Å²) < 4.78 is 18.8. The first-order chi connectivity index (χ1) is 10.9. The molecule has 0 bridgehead atoms. The quantitative estimate of drug-likeness (QED) is 0.884. The molecule has 1 unspecified atom stereocenters. The van der Waals surface area contributed by atoms with Crippen LogP contribution in [0.4, 0.5) is 4.39 Å². The van der Waals surface area contributed by atoms with E-state index in [2.05, 4.69) is 0 Å². The number of aliphatic hydroxyl groups is 1. The Morgan fingerprint density at radius 1 is 1.30 bits per heavy atom. The Morgan fingerprint density at radius 3 is 2.65 bits per heavy atom. The third-order valence-electron chi connectivity index (χ3n) is 3.81. The minimum absolute atomic E-state index is 0.0218. The first kappa shape index (κ1) is 15.0. The largest absolute Gasteiger partial charge is 0.503 e. The van der Waals surface area contributed by atoms with E-state index in [1.807, 2.05) is 0 Å². The molecule has 0 radical (unpaired) electrons. The molecule has 1 aromatic heterocycles. The smallest absolute Gasteiger partial charge is 0.289 e. The number of Topliss-reactive ketones (excluding diaryl/α,β-unsaturated/α-hetero) is 1. The standard InChI is InChI=1S/C17H14FNO4/c1-9-6-7-12(23-9)15(20)13-14(19(2)17(22)16(13)21)10-4-3-5-11(18)8-10/h3-8,14,21H,1-2H3. The molecule has 1 N–H and O–H groups in total. The molecule has 6 heteroatoms. The summed E-state index contributed by atoms with van der Waals surface area (Å²) in [5.41, 5.74) is 0.286. The zero-order chi connectivity index (χ0) is 16.7. The molecule has 1 aliphatic rings. The number of aliphatic hydroxyl groups excluding tert-OH is 1. The highest BCUT2D eigenvalue weighted by molar-refractivity contribution is 6.14. The fourth-order valence-electron chi connectivity index (χ4n) is 2.71. The summed E-state index contributed by atoms with van der Waals surface area (Å²) in [6.45, 7) is 1.68. The maximum atomic E-state index is 13.5. The molecule has 3 rings (SSSR count). The minimum Gasteiger partial charge on any atom is -0.503 e. The summed E-state index contributed by atoms with van der Waals surface area (Å²) in [6.07, 6.45) is 0. The van der Waals surface area contributed by atoms with Gasteiger partial charge in [-0.15, -0.1) is 0 Å². The van der Waals surface area contributed by atoms with Crippen LogP contribution in [0.15, 0.2) is 52.1 Å². The number of hydrogen-bond donors (Lipinski definition) is 1. The number of benzene rings is 1. The molecular formula is C17H14FNO4. The first-order valence-electron chi connectivity index (χ1n) is 6.97. The number of aryl methyl sites for hydroxylation is 1. The van der Waals surface area contributed by atoms with Gasteiger partial charge in [-0.1, -0.05) is 12.1 Å². The van der Waals surface area contributed by atoms with E-state index in [1.165, 1.54) is 36.2 Å². The van der Waals surface area contributed by atoms with Crippen LogP contribution in [-0.4, -0.2) is 28.7 Å². The van der Waals surface area contributed by atoms with E-state index < -0.39 is 29.3 Å². The highest BCUT2D eigenvalue weighted by Gasteiger charge is 2.42. The van der Waals surface area contributed by atoms with Crippen molar-refractivity contribution in [2.24, 2.45) is 0 Å². The van der Waals surface area contributed by atoms with Crippen LogP contribution in [0.2, 0.25) is 0 Å². The molecular weight excluding hydrogens is 301 g/mol. The molecule has 118 valence electrons. The van der Waals surface area contributed by atoms with Crippen LogP contribution in [-0.2, 0) is 4.79 Å². The molecule has 5 nitrogen and oxygen atoms in total. The Labute approximate surface area is 131 Å². The second kappa shape index (κ2) is 5.39. The van der Waals surface area contributed by atoms with Gasteiger partial charge >= 0.3 is 0 Å². The van der Waals surface area contributed by atoms with Gasteiger partial charge in [-0.05, 0) is 36.8 Å². The fourth-order valence-corrected chi connectivity index (χ4v) is 2.71. The van der Waals surface area contributed by atoms with Crippen LogP contribution < -0.4 is 0 Å². The van der Waals surface area contributed by atoms with Crippen LogP contribution in [0.5, 0.6) is 0 Å². The topological polar surface area (TPSA) is 70.8 Å². The van der Waals surface area contributed by atoms with Crippen molar-refractivity contribution < 1.29 is 23.5 Å². The summed E-state index contributed by atoms with van der Waals surface area (Å²) in [4.78, 5) is 25.9. The van der Waals surface area contributed by atoms with Gasteiger partial charge in [-0.25, -0.2) is 4.39 Å². The van der Waals surface area contributed by atoms with Crippen molar-refractivity contribution in [3.8, 4) is 0 Å². The third-order valence-corrected chi connectivity index (χ3v) is 3.81. The van der Waals surface area contributed by atoms with Crippen molar-refractivity contribution in [2.75, 3.05) is 7.05 Å². The van der Waals surface area contributed by atoms with Gasteiger partial charge in [0.1, 0.15) is 11.6 Å². The predicted molar refractivity (Wildman–Crippen MR) is 79.3 cm³/mol. The van der Waals surface area contributed by atoms with Gasteiger partial charge in [0.25, 0.3) is 5.91 Å². The van der Waals surface area contributed by atoms with E-state index in [9.17, 15) is 19.1 Å². The van der Waals surface area contributed by atoms with Crippen molar-refractivity contribution in [3.63, 3.8) is 0 Å².